The van der Waals surface area contributed by atoms with E-state index in [1.165, 1.54) is 0 Å². The summed E-state index contributed by atoms with van der Waals surface area (Å²) in [5.74, 6) is 2.04. The Balaban J connectivity index is 1.65. The van der Waals surface area contributed by atoms with Gasteiger partial charge < -0.3 is 9.73 Å². The highest BCUT2D eigenvalue weighted by molar-refractivity contribution is 7.13. The lowest BCUT2D eigenvalue weighted by Crippen LogP contribution is -2.16. The van der Waals surface area contributed by atoms with Crippen LogP contribution in [0.5, 0.6) is 0 Å². The maximum absolute atomic E-state index is 12.4. The lowest BCUT2D eigenvalue weighted by Gasteiger charge is -2.08. The summed E-state index contributed by atoms with van der Waals surface area (Å²) < 4.78 is 5.65. The predicted octanol–water partition coefficient (Wildman–Crippen LogP) is 4.35. The van der Waals surface area contributed by atoms with E-state index >= 15 is 0 Å². The first-order chi connectivity index (χ1) is 13.2. The van der Waals surface area contributed by atoms with Crippen LogP contribution in [0.2, 0.25) is 0 Å². The van der Waals surface area contributed by atoms with Gasteiger partial charge in [0.1, 0.15) is 11.6 Å². The second-order valence-corrected chi connectivity index (χ2v) is 6.88. The maximum Gasteiger partial charge on any atom is 0.230 e. The minimum atomic E-state index is -0.166. The van der Waals surface area contributed by atoms with Crippen molar-refractivity contribution in [3.05, 3.63) is 71.6 Å². The van der Waals surface area contributed by atoms with Crippen molar-refractivity contribution in [3.8, 4) is 22.2 Å². The predicted molar refractivity (Wildman–Crippen MR) is 104 cm³/mol. The van der Waals surface area contributed by atoms with E-state index in [0.717, 1.165) is 21.9 Å². The molecule has 6 nitrogen and oxygen atoms in total. The first-order valence-electron chi connectivity index (χ1n) is 8.36. The van der Waals surface area contributed by atoms with Crippen LogP contribution >= 0.6 is 11.3 Å². The Labute approximate surface area is 160 Å². The molecule has 0 spiro atoms. The zero-order valence-electron chi connectivity index (χ0n) is 14.5. The number of furan rings is 1. The van der Waals surface area contributed by atoms with Crippen LogP contribution in [0.1, 0.15) is 11.3 Å². The summed E-state index contributed by atoms with van der Waals surface area (Å²) in [6, 6.07) is 13.1. The zero-order valence-corrected chi connectivity index (χ0v) is 15.4. The second kappa shape index (κ2) is 7.51. The van der Waals surface area contributed by atoms with Gasteiger partial charge in [0.05, 0.1) is 17.0 Å². The third-order valence-corrected chi connectivity index (χ3v) is 4.71. The number of hydrogen-bond acceptors (Lipinski definition) is 6. The van der Waals surface area contributed by atoms with Crippen LogP contribution in [0.4, 0.5) is 5.82 Å². The molecule has 0 radical (unpaired) electrons. The molecule has 1 N–H and O–H groups in total. The van der Waals surface area contributed by atoms with Gasteiger partial charge in [-0.15, -0.1) is 11.3 Å². The zero-order chi connectivity index (χ0) is 18.6. The fourth-order valence-corrected chi connectivity index (χ4v) is 3.29. The van der Waals surface area contributed by atoms with Crippen molar-refractivity contribution in [2.24, 2.45) is 0 Å². The average molecular weight is 376 g/mol. The van der Waals surface area contributed by atoms with Gasteiger partial charge >= 0.3 is 0 Å². The topological polar surface area (TPSA) is 80.9 Å². The molecule has 0 fully saturated rings. The largest absolute Gasteiger partial charge is 0.458 e. The van der Waals surface area contributed by atoms with Crippen molar-refractivity contribution in [1.29, 1.82) is 0 Å². The Morgan fingerprint density at radius 2 is 2.11 bits per heavy atom. The summed E-state index contributed by atoms with van der Waals surface area (Å²) in [6.07, 6.45) is 3.58. The molecule has 4 aromatic heterocycles. The number of amides is 1. The first kappa shape index (κ1) is 17.1. The van der Waals surface area contributed by atoms with Crippen LogP contribution in [0.15, 0.2) is 64.7 Å². The van der Waals surface area contributed by atoms with Crippen molar-refractivity contribution in [1.82, 2.24) is 15.0 Å². The number of carbonyl (C=O) groups excluding carboxylic acids is 1. The molecule has 0 aliphatic heterocycles. The monoisotopic (exact) mass is 376 g/mol. The minimum absolute atomic E-state index is 0.166. The molecule has 0 saturated heterocycles. The molecule has 134 valence electrons. The van der Waals surface area contributed by atoms with Crippen LogP contribution in [0.25, 0.3) is 22.2 Å². The number of nitrogens with zero attached hydrogens (tertiary/aromatic N) is 3. The highest BCUT2D eigenvalue weighted by Gasteiger charge is 2.14. The van der Waals surface area contributed by atoms with Crippen molar-refractivity contribution < 1.29 is 9.21 Å². The van der Waals surface area contributed by atoms with E-state index in [1.807, 2.05) is 42.6 Å². The number of aromatic nitrogens is 3. The third-order valence-electron chi connectivity index (χ3n) is 3.82. The molecule has 0 aromatic carbocycles. The van der Waals surface area contributed by atoms with E-state index in [-0.39, 0.29) is 12.3 Å². The van der Waals surface area contributed by atoms with Crippen LogP contribution in [0, 0.1) is 6.92 Å². The second-order valence-electron chi connectivity index (χ2n) is 5.94. The Morgan fingerprint density at radius 3 is 2.81 bits per heavy atom. The van der Waals surface area contributed by atoms with Gasteiger partial charge in [-0.2, -0.15) is 0 Å². The third kappa shape index (κ3) is 4.09. The highest BCUT2D eigenvalue weighted by Crippen LogP contribution is 2.28. The Kier molecular flexibility index (Phi) is 4.76. The van der Waals surface area contributed by atoms with Crippen LogP contribution in [-0.2, 0) is 11.2 Å². The van der Waals surface area contributed by atoms with Crippen molar-refractivity contribution in [2.45, 2.75) is 13.3 Å². The quantitative estimate of drug-likeness (QED) is 0.560. The van der Waals surface area contributed by atoms with Gasteiger partial charge in [-0.05, 0) is 42.1 Å². The number of rotatable bonds is 5. The summed E-state index contributed by atoms with van der Waals surface area (Å²) in [5, 5.41) is 4.84. The first-order valence-corrected chi connectivity index (χ1v) is 9.24. The molecule has 0 atom stereocenters. The summed E-state index contributed by atoms with van der Waals surface area (Å²) >= 11 is 1.57. The van der Waals surface area contributed by atoms with E-state index in [9.17, 15) is 4.79 Å². The molecule has 0 saturated carbocycles. The Hall–Kier alpha value is -3.32. The van der Waals surface area contributed by atoms with Gasteiger partial charge in [-0.3, -0.25) is 9.78 Å². The van der Waals surface area contributed by atoms with E-state index in [2.05, 4.69) is 20.3 Å². The lowest BCUT2D eigenvalue weighted by molar-refractivity contribution is -0.115. The number of thiophene rings is 1. The molecule has 0 aliphatic carbocycles. The fraction of sp³-hybridized carbons (Fsp3) is 0.100. The molecule has 7 heteroatoms. The Bertz CT molecular complexity index is 1060. The van der Waals surface area contributed by atoms with Crippen molar-refractivity contribution >= 4 is 23.1 Å². The summed E-state index contributed by atoms with van der Waals surface area (Å²) in [6.45, 7) is 1.86. The maximum atomic E-state index is 12.4. The van der Waals surface area contributed by atoms with Gasteiger partial charge in [0.15, 0.2) is 11.6 Å². The van der Waals surface area contributed by atoms with E-state index in [0.29, 0.717) is 17.4 Å². The molecule has 0 bridgehead atoms. The summed E-state index contributed by atoms with van der Waals surface area (Å²) in [4.78, 5) is 26.5. The van der Waals surface area contributed by atoms with Crippen LogP contribution < -0.4 is 5.32 Å². The standard InChI is InChI=1S/C20H16N4O2S/c1-13-6-7-16(26-13)20-22-15(17-5-3-9-27-17)11-18(24-20)23-19(25)10-14-4-2-8-21-12-14/h2-9,11-12H,10H2,1H3,(H,22,23,24,25). The number of anilines is 1. The van der Waals surface area contributed by atoms with Crippen molar-refractivity contribution in [3.63, 3.8) is 0 Å². The molecule has 1 amide bonds. The molecule has 0 aliphatic rings. The minimum Gasteiger partial charge on any atom is -0.458 e. The van der Waals surface area contributed by atoms with Gasteiger partial charge in [0.2, 0.25) is 5.91 Å². The smallest absolute Gasteiger partial charge is 0.230 e. The van der Waals surface area contributed by atoms with E-state index < -0.39 is 0 Å². The number of pyridine rings is 1. The lowest BCUT2D eigenvalue weighted by atomic mass is 10.2. The fourth-order valence-electron chi connectivity index (χ4n) is 2.60. The van der Waals surface area contributed by atoms with Crippen LogP contribution in [0.3, 0.4) is 0 Å². The number of hydrogen-bond donors (Lipinski definition) is 1. The van der Waals surface area contributed by atoms with Gasteiger partial charge in [-0.1, -0.05) is 12.1 Å². The number of carbonyl (C=O) groups is 1. The number of aryl methyl sites for hydroxylation is 1. The highest BCUT2D eigenvalue weighted by atomic mass is 32.1. The molecular formula is C20H16N4O2S. The number of nitrogens with one attached hydrogen (secondary N) is 1. The molecule has 27 heavy (non-hydrogen) atoms. The normalized spacial score (nSPS) is 10.7. The van der Waals surface area contributed by atoms with Crippen LogP contribution in [-0.4, -0.2) is 20.9 Å². The summed E-state index contributed by atoms with van der Waals surface area (Å²) in [5.41, 5.74) is 1.57. The SMILES string of the molecule is Cc1ccc(-c2nc(NC(=O)Cc3cccnc3)cc(-c3cccs3)n2)o1. The molecule has 4 rings (SSSR count). The average Bonchev–Trinajstić information content (AvgIpc) is 3.34. The molecular weight excluding hydrogens is 360 g/mol. The molecule has 4 aromatic rings. The summed E-state index contributed by atoms with van der Waals surface area (Å²) in [7, 11) is 0. The van der Waals surface area contributed by atoms with Gasteiger partial charge in [-0.25, -0.2) is 9.97 Å². The van der Waals surface area contributed by atoms with E-state index in [4.69, 9.17) is 4.42 Å². The molecule has 4 heterocycles. The Morgan fingerprint density at radius 1 is 1.19 bits per heavy atom. The molecule has 0 unspecified atom stereocenters. The van der Waals surface area contributed by atoms with Gasteiger partial charge in [0.25, 0.3) is 0 Å². The van der Waals surface area contributed by atoms with Gasteiger partial charge in [0, 0.05) is 18.5 Å². The van der Waals surface area contributed by atoms with E-state index in [1.54, 1.807) is 35.9 Å². The van der Waals surface area contributed by atoms with Crippen molar-refractivity contribution in [2.75, 3.05) is 5.32 Å².